The first-order chi connectivity index (χ1) is 14.3. The number of hydrogen-bond acceptors (Lipinski definition) is 3. The Morgan fingerprint density at radius 2 is 1.50 bits per heavy atom. The van der Waals surface area contributed by atoms with Crippen LogP contribution < -0.4 is 19.4 Å². The molecule has 0 aliphatic carbocycles. The summed E-state index contributed by atoms with van der Waals surface area (Å²) in [5, 5.41) is 2.40. The zero-order valence-corrected chi connectivity index (χ0v) is 16.7. The van der Waals surface area contributed by atoms with Crippen molar-refractivity contribution in [1.82, 2.24) is 4.58 Å². The van der Waals surface area contributed by atoms with Crippen LogP contribution in [0, 0.1) is 0 Å². The van der Waals surface area contributed by atoms with E-state index in [0.29, 0.717) is 11.5 Å². The summed E-state index contributed by atoms with van der Waals surface area (Å²) in [6.07, 6.45) is 2.48. The monoisotopic (exact) mass is 423 g/mol. The Kier molecular flexibility index (Phi) is 6.69. The summed E-state index contributed by atoms with van der Waals surface area (Å²) >= 11 is 0. The van der Waals surface area contributed by atoms with Gasteiger partial charge < -0.3 is 31.2 Å². The van der Waals surface area contributed by atoms with Crippen molar-refractivity contribution in [2.24, 2.45) is 0 Å². The van der Waals surface area contributed by atoms with Crippen molar-refractivity contribution in [1.29, 1.82) is 0 Å². The Bertz CT molecular complexity index is 1080. The molecule has 0 radical (unpaired) electrons. The minimum Gasteiger partial charge on any atom is -0.493 e. The summed E-state index contributed by atoms with van der Waals surface area (Å²) in [7, 11) is -2.71. The van der Waals surface area contributed by atoms with Gasteiger partial charge >= 0.3 is 7.25 Å². The Labute approximate surface area is 171 Å². The van der Waals surface area contributed by atoms with Gasteiger partial charge in [-0.3, -0.25) is 0 Å². The second-order valence-corrected chi connectivity index (χ2v) is 6.75. The van der Waals surface area contributed by atoms with Crippen LogP contribution in [0.5, 0.6) is 11.5 Å². The molecule has 1 aliphatic rings. The van der Waals surface area contributed by atoms with Crippen molar-refractivity contribution in [3.8, 4) is 22.8 Å². The van der Waals surface area contributed by atoms with Gasteiger partial charge in [-0.05, 0) is 30.3 Å². The summed E-state index contributed by atoms with van der Waals surface area (Å²) < 4.78 is 58.4. The lowest BCUT2D eigenvalue weighted by molar-refractivity contribution is 0.355. The Morgan fingerprint density at radius 1 is 0.867 bits per heavy atom. The molecule has 0 saturated carbocycles. The topological polar surface area (TPSA) is 34.6 Å². The maximum absolute atomic E-state index is 9.75. The molecule has 1 aliphatic heterocycles. The maximum Gasteiger partial charge on any atom is 0.673 e. The van der Waals surface area contributed by atoms with Gasteiger partial charge in [-0.2, -0.15) is 0 Å². The normalized spacial score (nSPS) is 13.7. The molecule has 0 spiro atoms. The molecule has 3 aromatic rings. The molecule has 0 N–H and O–H groups in total. The fraction of sp³-hybridized carbons (Fsp3) is 0.286. The third-order valence-electron chi connectivity index (χ3n) is 4.77. The molecule has 9 heteroatoms. The lowest BCUT2D eigenvalue weighted by Crippen LogP contribution is -2.27. The molecular formula is C21H22BF4NO3. The smallest absolute Gasteiger partial charge is 0.493 e. The molecule has 4 rings (SSSR count). The van der Waals surface area contributed by atoms with E-state index in [4.69, 9.17) is 13.9 Å². The van der Waals surface area contributed by atoms with Crippen molar-refractivity contribution in [3.63, 3.8) is 0 Å². The van der Waals surface area contributed by atoms with E-state index in [1.165, 1.54) is 18.2 Å². The minimum absolute atomic E-state index is 0.700. The van der Waals surface area contributed by atoms with E-state index in [-0.39, 0.29) is 0 Å². The van der Waals surface area contributed by atoms with Crippen molar-refractivity contribution < 1.29 is 31.2 Å². The Morgan fingerprint density at radius 3 is 2.13 bits per heavy atom. The van der Waals surface area contributed by atoms with Gasteiger partial charge in [0.25, 0.3) is 0 Å². The number of methoxy groups -OCH3 is 2. The highest BCUT2D eigenvalue weighted by Crippen LogP contribution is 2.32. The Balaban J connectivity index is 0.000000461. The van der Waals surface area contributed by atoms with Crippen LogP contribution in [-0.4, -0.2) is 34.6 Å². The van der Waals surface area contributed by atoms with E-state index in [1.807, 2.05) is 30.3 Å². The molecule has 4 nitrogen and oxygen atoms in total. The van der Waals surface area contributed by atoms with Gasteiger partial charge in [0.15, 0.2) is 11.5 Å². The Hall–Kier alpha value is -2.97. The number of benzene rings is 2. The van der Waals surface area contributed by atoms with Crippen LogP contribution in [0.4, 0.5) is 17.3 Å². The van der Waals surface area contributed by atoms with E-state index in [0.717, 1.165) is 35.4 Å². The summed E-state index contributed by atoms with van der Waals surface area (Å²) in [6, 6.07) is 16.3. The minimum atomic E-state index is -6.00. The summed E-state index contributed by atoms with van der Waals surface area (Å²) in [5.74, 6) is 2.25. The molecule has 1 fully saturated rings. The van der Waals surface area contributed by atoms with E-state index >= 15 is 0 Å². The SMILES string of the molecule is COc1ccc(-c2cc(=[N+]3CCCC3)c3ccccc3o2)cc1OC.F[B-](F)(F)F. The largest absolute Gasteiger partial charge is 0.673 e. The number of halogens is 4. The first-order valence-electron chi connectivity index (χ1n) is 9.50. The zero-order chi connectivity index (χ0) is 21.7. The molecule has 30 heavy (non-hydrogen) atoms. The van der Waals surface area contributed by atoms with Crippen LogP contribution in [0.1, 0.15) is 12.8 Å². The van der Waals surface area contributed by atoms with Crippen molar-refractivity contribution in [3.05, 3.63) is 53.9 Å². The van der Waals surface area contributed by atoms with Gasteiger partial charge in [-0.1, -0.05) is 12.1 Å². The highest BCUT2D eigenvalue weighted by molar-refractivity contribution is 6.50. The van der Waals surface area contributed by atoms with Crippen LogP contribution in [-0.2, 0) is 0 Å². The second kappa shape index (κ2) is 9.23. The molecular weight excluding hydrogens is 401 g/mol. The fourth-order valence-electron chi connectivity index (χ4n) is 3.47. The van der Waals surface area contributed by atoms with Crippen LogP contribution in [0.2, 0.25) is 0 Å². The van der Waals surface area contributed by atoms with Gasteiger partial charge in [0.1, 0.15) is 24.4 Å². The average molecular weight is 423 g/mol. The molecule has 2 heterocycles. The molecule has 0 unspecified atom stereocenters. The second-order valence-electron chi connectivity index (χ2n) is 6.75. The molecule has 2 aromatic carbocycles. The highest BCUT2D eigenvalue weighted by atomic mass is 19.5. The maximum atomic E-state index is 9.75. The predicted molar refractivity (Wildman–Crippen MR) is 109 cm³/mol. The quantitative estimate of drug-likeness (QED) is 0.339. The molecule has 1 saturated heterocycles. The fourth-order valence-corrected chi connectivity index (χ4v) is 3.47. The van der Waals surface area contributed by atoms with E-state index < -0.39 is 7.25 Å². The highest BCUT2D eigenvalue weighted by Gasteiger charge is 2.20. The number of ether oxygens (including phenoxy) is 2. The summed E-state index contributed by atoms with van der Waals surface area (Å²) in [5.41, 5.74) is 1.88. The first-order valence-corrected chi connectivity index (χ1v) is 9.50. The first kappa shape index (κ1) is 21.7. The third-order valence-corrected chi connectivity index (χ3v) is 4.77. The molecule has 0 amide bonds. The van der Waals surface area contributed by atoms with Crippen LogP contribution in [0.15, 0.2) is 52.9 Å². The summed E-state index contributed by atoms with van der Waals surface area (Å²) in [6.45, 7) is 2.19. The van der Waals surface area contributed by atoms with Crippen LogP contribution in [0.3, 0.4) is 0 Å². The van der Waals surface area contributed by atoms with Crippen molar-refractivity contribution >= 4 is 18.2 Å². The number of rotatable bonds is 3. The number of para-hydroxylation sites is 1. The van der Waals surface area contributed by atoms with Gasteiger partial charge in [-0.25, -0.2) is 4.58 Å². The molecule has 1 aromatic heterocycles. The van der Waals surface area contributed by atoms with E-state index in [1.54, 1.807) is 14.2 Å². The van der Waals surface area contributed by atoms with Gasteiger partial charge in [0.2, 0.25) is 5.36 Å². The molecule has 0 bridgehead atoms. The van der Waals surface area contributed by atoms with Crippen LogP contribution >= 0.6 is 0 Å². The van der Waals surface area contributed by atoms with Gasteiger partial charge in [0, 0.05) is 18.4 Å². The van der Waals surface area contributed by atoms with Crippen LogP contribution in [0.25, 0.3) is 22.3 Å². The number of fused-ring (bicyclic) bond motifs is 1. The van der Waals surface area contributed by atoms with Gasteiger partial charge in [-0.15, -0.1) is 0 Å². The third kappa shape index (κ3) is 5.34. The van der Waals surface area contributed by atoms with E-state index in [2.05, 4.69) is 22.8 Å². The van der Waals surface area contributed by atoms with Crippen molar-refractivity contribution in [2.45, 2.75) is 12.8 Å². The molecule has 0 atom stereocenters. The van der Waals surface area contributed by atoms with Crippen molar-refractivity contribution in [2.75, 3.05) is 27.3 Å². The number of nitrogens with zero attached hydrogens (tertiary/aromatic N) is 1. The average Bonchev–Trinajstić information content (AvgIpc) is 3.26. The zero-order valence-electron chi connectivity index (χ0n) is 16.7. The standard InChI is InChI=1S/C21H22NO3.BF4/c1-23-19-10-9-15(13-21(19)24-2)20-14-17(22-11-5-6-12-22)16-7-3-4-8-18(16)25-20;2-1(3,4)5/h3-4,7-10,13-14H,5-6,11-12H2,1-2H3;/q+1;-1. The summed E-state index contributed by atoms with van der Waals surface area (Å²) in [4.78, 5) is 0. The molecule has 160 valence electrons. The van der Waals surface area contributed by atoms with Gasteiger partial charge in [0.05, 0.1) is 25.7 Å². The number of hydrogen-bond donors (Lipinski definition) is 0. The lowest BCUT2D eigenvalue weighted by Gasteiger charge is -2.10. The lowest BCUT2D eigenvalue weighted by atomic mass is 10.1. The van der Waals surface area contributed by atoms with E-state index in [9.17, 15) is 17.3 Å². The predicted octanol–water partition coefficient (Wildman–Crippen LogP) is 4.98.